The Kier molecular flexibility index (Phi) is 2.91. The minimum Gasteiger partial charge on any atom is -0.385 e. The van der Waals surface area contributed by atoms with Crippen LogP contribution in [-0.4, -0.2) is 40.0 Å². The fourth-order valence-corrected chi connectivity index (χ4v) is 1.58. The molecule has 1 aromatic heterocycles. The van der Waals surface area contributed by atoms with Crippen molar-refractivity contribution in [1.82, 2.24) is 15.0 Å². The summed E-state index contributed by atoms with van der Waals surface area (Å²) in [7, 11) is -1.62. The van der Waals surface area contributed by atoms with Gasteiger partial charge in [0.15, 0.2) is 9.84 Å². The van der Waals surface area contributed by atoms with Gasteiger partial charge in [-0.25, -0.2) is 8.42 Å². The maximum atomic E-state index is 11.1. The summed E-state index contributed by atoms with van der Waals surface area (Å²) >= 11 is 0. The normalized spacial score (nSPS) is 16.6. The fraction of sp³-hybridized carbons (Fsp3) is 0.714. The number of aromatic nitrogens is 3. The molecule has 1 heterocycles. The molecule has 0 amide bonds. The van der Waals surface area contributed by atoms with Crippen molar-refractivity contribution in [2.45, 2.75) is 18.3 Å². The van der Waals surface area contributed by atoms with Gasteiger partial charge in [0.05, 0.1) is 11.4 Å². The van der Waals surface area contributed by atoms with E-state index in [-0.39, 0.29) is 5.69 Å². The van der Waals surface area contributed by atoms with Crippen molar-refractivity contribution in [3.8, 4) is 0 Å². The maximum Gasteiger partial charge on any atom is 0.152 e. The number of aliphatic hydroxyl groups is 1. The molecule has 0 radical (unpaired) electrons. The zero-order valence-corrected chi connectivity index (χ0v) is 9.06. The Balaban J connectivity index is 2.91. The molecule has 0 saturated heterocycles. The van der Waals surface area contributed by atoms with Gasteiger partial charge in [0, 0.05) is 13.3 Å². The van der Waals surface area contributed by atoms with Gasteiger partial charge in [-0.1, -0.05) is 5.21 Å². The molecule has 0 saturated carbocycles. The Bertz CT molecular complexity index is 412. The van der Waals surface area contributed by atoms with E-state index in [1.807, 2.05) is 0 Å². The van der Waals surface area contributed by atoms with Crippen LogP contribution in [0.15, 0.2) is 6.20 Å². The van der Waals surface area contributed by atoms with E-state index in [4.69, 9.17) is 0 Å². The van der Waals surface area contributed by atoms with Crippen LogP contribution in [0.25, 0.3) is 0 Å². The number of rotatable bonds is 3. The molecule has 14 heavy (non-hydrogen) atoms. The Morgan fingerprint density at radius 2 is 2.14 bits per heavy atom. The van der Waals surface area contributed by atoms with Crippen molar-refractivity contribution in [2.24, 2.45) is 7.05 Å². The summed E-state index contributed by atoms with van der Waals surface area (Å²) < 4.78 is 23.7. The lowest BCUT2D eigenvalue weighted by Gasteiger charge is -2.13. The van der Waals surface area contributed by atoms with Crippen LogP contribution in [0.1, 0.15) is 18.7 Å². The molecule has 6 nitrogen and oxygen atoms in total. The van der Waals surface area contributed by atoms with E-state index in [0.717, 1.165) is 6.26 Å². The smallest absolute Gasteiger partial charge is 0.152 e. The molecular weight excluding hydrogens is 206 g/mol. The number of hydrogen-bond acceptors (Lipinski definition) is 5. The van der Waals surface area contributed by atoms with Gasteiger partial charge in [-0.05, 0) is 6.92 Å². The van der Waals surface area contributed by atoms with E-state index in [0.29, 0.717) is 0 Å². The second-order valence-corrected chi connectivity index (χ2v) is 5.70. The molecular formula is C7H13N3O3S. The van der Waals surface area contributed by atoms with E-state index in [9.17, 15) is 13.5 Å². The minimum atomic E-state index is -3.27. The Hall–Kier alpha value is -0.950. The molecule has 7 heteroatoms. The molecule has 1 N–H and O–H groups in total. The van der Waals surface area contributed by atoms with E-state index < -0.39 is 21.2 Å². The van der Waals surface area contributed by atoms with Crippen LogP contribution in [0.3, 0.4) is 0 Å². The number of nitrogens with zero attached hydrogens (tertiary/aromatic N) is 3. The highest BCUT2D eigenvalue weighted by atomic mass is 32.2. The third kappa shape index (κ3) is 2.30. The summed E-state index contributed by atoms with van der Waals surface area (Å²) in [5.41, 5.74) is 0.269. The number of hydrogen-bond donors (Lipinski definition) is 1. The Morgan fingerprint density at radius 3 is 2.50 bits per heavy atom. The Morgan fingerprint density at radius 1 is 1.57 bits per heavy atom. The van der Waals surface area contributed by atoms with Gasteiger partial charge in [-0.3, -0.25) is 4.68 Å². The summed E-state index contributed by atoms with van der Waals surface area (Å²) in [6.45, 7) is 1.44. The lowest BCUT2D eigenvalue weighted by Crippen LogP contribution is -2.24. The van der Waals surface area contributed by atoms with E-state index in [1.165, 1.54) is 17.8 Å². The van der Waals surface area contributed by atoms with Crippen LogP contribution in [0.5, 0.6) is 0 Å². The minimum absolute atomic E-state index is 0.269. The van der Waals surface area contributed by atoms with Crippen molar-refractivity contribution in [3.05, 3.63) is 11.9 Å². The van der Waals surface area contributed by atoms with Gasteiger partial charge in [0.25, 0.3) is 0 Å². The summed E-state index contributed by atoms with van der Waals surface area (Å²) in [4.78, 5) is 0. The van der Waals surface area contributed by atoms with Crippen LogP contribution < -0.4 is 0 Å². The topological polar surface area (TPSA) is 85.1 Å². The lowest BCUT2D eigenvalue weighted by atomic mass is 10.2. The number of aryl methyl sites for hydroxylation is 1. The predicted molar refractivity (Wildman–Crippen MR) is 50.3 cm³/mol. The lowest BCUT2D eigenvalue weighted by molar-refractivity contribution is 0.171. The quantitative estimate of drug-likeness (QED) is 0.725. The van der Waals surface area contributed by atoms with Crippen LogP contribution in [0.2, 0.25) is 0 Å². The van der Waals surface area contributed by atoms with Gasteiger partial charge >= 0.3 is 0 Å². The van der Waals surface area contributed by atoms with Crippen LogP contribution in [0, 0.1) is 0 Å². The molecule has 0 bridgehead atoms. The molecule has 0 spiro atoms. The largest absolute Gasteiger partial charge is 0.385 e. The first-order valence-electron chi connectivity index (χ1n) is 4.05. The maximum absolute atomic E-state index is 11.1. The Labute approximate surface area is 82.5 Å². The van der Waals surface area contributed by atoms with Gasteiger partial charge in [0.1, 0.15) is 11.8 Å². The van der Waals surface area contributed by atoms with E-state index in [2.05, 4.69) is 10.3 Å². The van der Waals surface area contributed by atoms with Crippen molar-refractivity contribution >= 4 is 9.84 Å². The van der Waals surface area contributed by atoms with Crippen LogP contribution in [0.4, 0.5) is 0 Å². The summed E-state index contributed by atoms with van der Waals surface area (Å²) in [6, 6.07) is 0. The molecule has 1 rings (SSSR count). The second kappa shape index (κ2) is 3.66. The highest BCUT2D eigenvalue weighted by molar-refractivity contribution is 7.91. The molecule has 0 aliphatic carbocycles. The SMILES string of the molecule is CC(C(O)c1cn(C)nn1)S(C)(=O)=O. The molecule has 0 aliphatic heterocycles. The zero-order chi connectivity index (χ0) is 10.9. The molecule has 2 unspecified atom stereocenters. The molecule has 0 fully saturated rings. The first-order chi connectivity index (χ1) is 6.32. The first kappa shape index (κ1) is 11.1. The third-order valence-corrected chi connectivity index (χ3v) is 3.65. The van der Waals surface area contributed by atoms with Crippen molar-refractivity contribution < 1.29 is 13.5 Å². The molecule has 1 aromatic rings. The fourth-order valence-electron chi connectivity index (χ4n) is 0.975. The van der Waals surface area contributed by atoms with Gasteiger partial charge in [-0.15, -0.1) is 5.10 Å². The number of aliphatic hydroxyl groups excluding tert-OH is 1. The van der Waals surface area contributed by atoms with Crippen LogP contribution >= 0.6 is 0 Å². The summed E-state index contributed by atoms with van der Waals surface area (Å²) in [6.07, 6.45) is 1.45. The van der Waals surface area contributed by atoms with E-state index in [1.54, 1.807) is 7.05 Å². The van der Waals surface area contributed by atoms with Crippen molar-refractivity contribution in [1.29, 1.82) is 0 Å². The highest BCUT2D eigenvalue weighted by Gasteiger charge is 2.27. The molecule has 0 aliphatic rings. The van der Waals surface area contributed by atoms with Gasteiger partial charge < -0.3 is 5.11 Å². The highest BCUT2D eigenvalue weighted by Crippen LogP contribution is 2.18. The molecule has 80 valence electrons. The standard InChI is InChI=1S/C7H13N3O3S/c1-5(14(3,12)13)7(11)6-4-10(2)9-8-6/h4-5,7,11H,1-3H3. The van der Waals surface area contributed by atoms with Gasteiger partial charge in [-0.2, -0.15) is 0 Å². The van der Waals surface area contributed by atoms with Crippen LogP contribution in [-0.2, 0) is 16.9 Å². The van der Waals surface area contributed by atoms with Crippen molar-refractivity contribution in [2.75, 3.05) is 6.26 Å². The first-order valence-corrected chi connectivity index (χ1v) is 6.01. The van der Waals surface area contributed by atoms with Crippen molar-refractivity contribution in [3.63, 3.8) is 0 Å². The summed E-state index contributed by atoms with van der Waals surface area (Å²) in [5.74, 6) is 0. The molecule has 2 atom stereocenters. The van der Waals surface area contributed by atoms with E-state index >= 15 is 0 Å². The number of sulfone groups is 1. The predicted octanol–water partition coefficient (Wildman–Crippen LogP) is -0.718. The zero-order valence-electron chi connectivity index (χ0n) is 8.25. The average Bonchev–Trinajstić information content (AvgIpc) is 2.47. The second-order valence-electron chi connectivity index (χ2n) is 3.30. The third-order valence-electron chi connectivity index (χ3n) is 2.04. The average molecular weight is 219 g/mol. The monoisotopic (exact) mass is 219 g/mol. The molecule has 0 aromatic carbocycles. The van der Waals surface area contributed by atoms with Gasteiger partial charge in [0.2, 0.25) is 0 Å². The summed E-state index contributed by atoms with van der Waals surface area (Å²) in [5, 5.41) is 16.0.